The van der Waals surface area contributed by atoms with Crippen molar-refractivity contribution in [2.45, 2.75) is 36.6 Å². The van der Waals surface area contributed by atoms with Crippen LogP contribution in [0.1, 0.15) is 18.5 Å². The number of rotatable bonds is 4. The van der Waals surface area contributed by atoms with Crippen LogP contribution in [0.15, 0.2) is 34.9 Å². The molecule has 0 radical (unpaired) electrons. The Balaban J connectivity index is 2.04. The summed E-state index contributed by atoms with van der Waals surface area (Å²) in [5.74, 6) is -1.21. The number of nitrogens with two attached hydrogens (primary N) is 1. The van der Waals surface area contributed by atoms with Gasteiger partial charge >= 0.3 is 6.18 Å². The maximum atomic E-state index is 13.1. The molecule has 14 heteroatoms. The highest BCUT2D eigenvalue weighted by molar-refractivity contribution is 8.08. The van der Waals surface area contributed by atoms with Crippen LogP contribution in [0.2, 0.25) is 0 Å². The van der Waals surface area contributed by atoms with E-state index in [2.05, 4.69) is 0 Å². The fraction of sp³-hybridized carbons (Fsp3) is 0.438. The highest BCUT2D eigenvalue weighted by atomic mass is 32.3. The third kappa shape index (κ3) is 3.73. The SMILES string of the molecule is CCS(=O)(=O)N1Sc2ccc(N3C(O)C=C(C(F)(F)F)N(C)C3O)cc2C1C(N)=O. The number of alkyl halides is 3. The monoisotopic (exact) mass is 468 g/mol. The van der Waals surface area contributed by atoms with Gasteiger partial charge in [-0.25, -0.2) is 8.42 Å². The summed E-state index contributed by atoms with van der Waals surface area (Å²) in [6.07, 6.45) is -7.96. The van der Waals surface area contributed by atoms with Crippen LogP contribution in [0.3, 0.4) is 0 Å². The smallest absolute Gasteiger partial charge is 0.370 e. The van der Waals surface area contributed by atoms with Crippen molar-refractivity contribution in [1.82, 2.24) is 8.61 Å². The summed E-state index contributed by atoms with van der Waals surface area (Å²) >= 11 is 0.795. The molecular formula is C16H19F3N4O5S2. The highest BCUT2D eigenvalue weighted by Gasteiger charge is 2.46. The van der Waals surface area contributed by atoms with E-state index in [1.54, 1.807) is 0 Å². The van der Waals surface area contributed by atoms with Crippen LogP contribution in [-0.4, -0.2) is 64.7 Å². The highest BCUT2D eigenvalue weighted by Crippen LogP contribution is 2.48. The second-order valence-electron chi connectivity index (χ2n) is 6.60. The third-order valence-electron chi connectivity index (χ3n) is 4.75. The first kappa shape index (κ1) is 22.7. The Kier molecular flexibility index (Phi) is 5.75. The van der Waals surface area contributed by atoms with E-state index in [0.29, 0.717) is 15.9 Å². The average Bonchev–Trinajstić information content (AvgIpc) is 3.04. The summed E-state index contributed by atoms with van der Waals surface area (Å²) in [5, 5.41) is 20.6. The molecule has 2 aliphatic rings. The number of carbonyl (C=O) groups excluding carboxylic acids is 1. The van der Waals surface area contributed by atoms with Crippen LogP contribution in [0.4, 0.5) is 18.9 Å². The summed E-state index contributed by atoms with van der Waals surface area (Å²) in [4.78, 5) is 13.8. The summed E-state index contributed by atoms with van der Waals surface area (Å²) in [5.41, 5.74) is 4.47. The molecule has 3 atom stereocenters. The number of fused-ring (bicyclic) bond motifs is 1. The van der Waals surface area contributed by atoms with E-state index in [1.165, 1.54) is 25.1 Å². The van der Waals surface area contributed by atoms with Gasteiger partial charge in [0.15, 0.2) is 6.23 Å². The summed E-state index contributed by atoms with van der Waals surface area (Å²) < 4.78 is 64.9. The van der Waals surface area contributed by atoms with Gasteiger partial charge in [-0.05, 0) is 48.7 Å². The lowest BCUT2D eigenvalue weighted by Crippen LogP contribution is -2.56. The maximum Gasteiger partial charge on any atom is 0.431 e. The number of allylic oxidation sites excluding steroid dienone is 1. The minimum Gasteiger partial charge on any atom is -0.370 e. The number of sulfonamides is 1. The Hall–Kier alpha value is -2.00. The number of halogens is 3. The number of benzene rings is 1. The molecule has 9 nitrogen and oxygen atoms in total. The van der Waals surface area contributed by atoms with Crippen molar-refractivity contribution < 1.29 is 36.6 Å². The molecule has 0 aliphatic carbocycles. The van der Waals surface area contributed by atoms with E-state index in [1.807, 2.05) is 0 Å². The molecule has 0 aromatic heterocycles. The minimum absolute atomic E-state index is 0.0701. The first-order valence-electron chi connectivity index (χ1n) is 8.59. The van der Waals surface area contributed by atoms with Gasteiger partial charge in [0.2, 0.25) is 22.3 Å². The quantitative estimate of drug-likeness (QED) is 0.551. The number of anilines is 1. The molecule has 3 rings (SSSR count). The molecule has 0 saturated carbocycles. The van der Waals surface area contributed by atoms with Gasteiger partial charge in [-0.15, -0.1) is 3.71 Å². The summed E-state index contributed by atoms with van der Waals surface area (Å²) in [6.45, 7) is 1.41. The van der Waals surface area contributed by atoms with Crippen LogP contribution in [0.5, 0.6) is 0 Å². The van der Waals surface area contributed by atoms with Crippen molar-refractivity contribution in [3.05, 3.63) is 35.5 Å². The van der Waals surface area contributed by atoms with Crippen LogP contribution in [0, 0.1) is 0 Å². The number of carbonyl (C=O) groups is 1. The second-order valence-corrected chi connectivity index (χ2v) is 9.98. The van der Waals surface area contributed by atoms with Gasteiger partial charge in [-0.3, -0.25) is 9.69 Å². The molecule has 2 aliphatic heterocycles. The first-order valence-corrected chi connectivity index (χ1v) is 11.0. The topological polar surface area (TPSA) is 127 Å². The lowest BCUT2D eigenvalue weighted by molar-refractivity contribution is -0.133. The van der Waals surface area contributed by atoms with Crippen molar-refractivity contribution in [1.29, 1.82) is 0 Å². The zero-order valence-electron chi connectivity index (χ0n) is 15.7. The molecule has 1 aromatic carbocycles. The van der Waals surface area contributed by atoms with Gasteiger partial charge in [-0.1, -0.05) is 0 Å². The van der Waals surface area contributed by atoms with Gasteiger partial charge in [-0.2, -0.15) is 13.2 Å². The lowest BCUT2D eigenvalue weighted by atomic mass is 10.1. The van der Waals surface area contributed by atoms with Crippen molar-refractivity contribution in [3.8, 4) is 0 Å². The molecule has 0 fully saturated rings. The minimum atomic E-state index is -4.79. The van der Waals surface area contributed by atoms with Gasteiger partial charge in [0, 0.05) is 17.6 Å². The summed E-state index contributed by atoms with van der Waals surface area (Å²) in [6, 6.07) is 2.81. The number of aliphatic hydroxyl groups excluding tert-OH is 2. The number of nitrogens with zero attached hydrogens (tertiary/aromatic N) is 3. The summed E-state index contributed by atoms with van der Waals surface area (Å²) in [7, 11) is -2.80. The van der Waals surface area contributed by atoms with Gasteiger partial charge < -0.3 is 20.8 Å². The Morgan fingerprint density at radius 2 is 1.93 bits per heavy atom. The van der Waals surface area contributed by atoms with E-state index in [4.69, 9.17) is 5.73 Å². The van der Waals surface area contributed by atoms with E-state index >= 15 is 0 Å². The predicted octanol–water partition coefficient (Wildman–Crippen LogP) is 0.678. The van der Waals surface area contributed by atoms with Crippen LogP contribution in [-0.2, 0) is 14.8 Å². The Morgan fingerprint density at radius 1 is 1.30 bits per heavy atom. The van der Waals surface area contributed by atoms with Crippen molar-refractivity contribution in [2.75, 3.05) is 17.7 Å². The molecule has 3 unspecified atom stereocenters. The Labute approximate surface area is 174 Å². The third-order valence-corrected chi connectivity index (χ3v) is 8.10. The first-order chi connectivity index (χ1) is 13.8. The van der Waals surface area contributed by atoms with E-state index in [-0.39, 0.29) is 17.0 Å². The van der Waals surface area contributed by atoms with Crippen LogP contribution in [0.25, 0.3) is 0 Å². The standard InChI is InChI=1S/C16H19F3N4O5S2/c1-3-30(27,28)23-13(14(20)25)9-6-8(4-5-10(9)29-23)22-12(24)7-11(16(17,18)19)21(2)15(22)26/h4-7,12-13,15,24,26H,3H2,1-2H3,(H2,20,25). The maximum absolute atomic E-state index is 13.1. The molecule has 166 valence electrons. The number of hydrogen-bond donors (Lipinski definition) is 3. The van der Waals surface area contributed by atoms with Crippen LogP contribution >= 0.6 is 11.9 Å². The molecule has 4 N–H and O–H groups in total. The molecule has 1 amide bonds. The number of amides is 1. The molecule has 0 bridgehead atoms. The van der Waals surface area contributed by atoms with Crippen molar-refractivity contribution in [3.63, 3.8) is 0 Å². The largest absolute Gasteiger partial charge is 0.431 e. The fourth-order valence-corrected chi connectivity index (χ4v) is 5.95. The predicted molar refractivity (Wildman–Crippen MR) is 102 cm³/mol. The zero-order chi connectivity index (χ0) is 22.6. The second kappa shape index (κ2) is 7.60. The van der Waals surface area contributed by atoms with Crippen molar-refractivity contribution in [2.24, 2.45) is 5.73 Å². The zero-order valence-corrected chi connectivity index (χ0v) is 17.4. The van der Waals surface area contributed by atoms with E-state index in [0.717, 1.165) is 27.6 Å². The fourth-order valence-electron chi connectivity index (χ4n) is 3.23. The normalized spacial score (nSPS) is 25.3. The molecule has 0 spiro atoms. The number of hydrogen-bond acceptors (Lipinski definition) is 8. The number of aliphatic hydroxyl groups is 2. The molecule has 0 saturated heterocycles. The molecule has 1 aromatic rings. The molecule has 30 heavy (non-hydrogen) atoms. The lowest BCUT2D eigenvalue weighted by Gasteiger charge is -2.43. The Morgan fingerprint density at radius 3 is 2.47 bits per heavy atom. The Bertz CT molecular complexity index is 1000. The van der Waals surface area contributed by atoms with Gasteiger partial charge in [0.05, 0.1) is 5.75 Å². The average molecular weight is 468 g/mol. The molecular weight excluding hydrogens is 449 g/mol. The van der Waals surface area contributed by atoms with Crippen molar-refractivity contribution >= 4 is 33.6 Å². The van der Waals surface area contributed by atoms with E-state index < -0.39 is 46.4 Å². The van der Waals surface area contributed by atoms with Gasteiger partial charge in [0.25, 0.3) is 0 Å². The van der Waals surface area contributed by atoms with Gasteiger partial charge in [0.1, 0.15) is 11.7 Å². The van der Waals surface area contributed by atoms with E-state index in [9.17, 15) is 36.6 Å². The number of primary amides is 1. The van der Waals surface area contributed by atoms with Crippen LogP contribution < -0.4 is 10.6 Å². The molecule has 2 heterocycles.